The molecule has 29 heavy (non-hydrogen) atoms. The Hall–Kier alpha value is -2.09. The molecule has 3 N–H and O–H groups in total. The summed E-state index contributed by atoms with van der Waals surface area (Å²) >= 11 is 12.2. The number of methoxy groups -OCH3 is 1. The predicted octanol–water partition coefficient (Wildman–Crippen LogP) is 3.83. The number of hydrogen-bond donors (Lipinski definition) is 3. The summed E-state index contributed by atoms with van der Waals surface area (Å²) in [7, 11) is 1.47. The molecule has 0 radical (unpaired) electrons. The molecule has 1 fully saturated rings. The second kappa shape index (κ2) is 9.61. The smallest absolute Gasteiger partial charge is 0.317 e. The van der Waals surface area contributed by atoms with Crippen LogP contribution in [0, 0.1) is 0 Å². The molecule has 1 aliphatic rings. The quantitative estimate of drug-likeness (QED) is 0.568. The molecule has 2 aromatic rings. The van der Waals surface area contributed by atoms with E-state index >= 15 is 0 Å². The van der Waals surface area contributed by atoms with Gasteiger partial charge in [0, 0.05) is 12.2 Å². The molecule has 1 amide bonds. The van der Waals surface area contributed by atoms with Crippen molar-refractivity contribution in [3.05, 3.63) is 45.7 Å². The maximum absolute atomic E-state index is 12.6. The summed E-state index contributed by atoms with van der Waals surface area (Å²) in [4.78, 5) is 20.8. The van der Waals surface area contributed by atoms with Crippen LogP contribution in [0.25, 0.3) is 0 Å². The number of rotatable bonds is 7. The van der Waals surface area contributed by atoms with Gasteiger partial charge < -0.3 is 20.5 Å². The second-order valence-electron chi connectivity index (χ2n) is 7.18. The van der Waals surface area contributed by atoms with Crippen molar-refractivity contribution < 1.29 is 14.6 Å². The van der Waals surface area contributed by atoms with Gasteiger partial charge in [0.25, 0.3) is 5.91 Å². The largest absolute Gasteiger partial charge is 0.467 e. The highest BCUT2D eigenvalue weighted by Gasteiger charge is 2.29. The van der Waals surface area contributed by atoms with Gasteiger partial charge in [-0.2, -0.15) is 9.97 Å². The summed E-state index contributed by atoms with van der Waals surface area (Å²) in [6, 6.07) is 6.91. The fourth-order valence-electron chi connectivity index (χ4n) is 3.35. The predicted molar refractivity (Wildman–Crippen MR) is 113 cm³/mol. The first-order valence-electron chi connectivity index (χ1n) is 9.50. The maximum atomic E-state index is 12.6. The summed E-state index contributed by atoms with van der Waals surface area (Å²) < 4.78 is 5.01. The van der Waals surface area contributed by atoms with E-state index in [1.807, 2.05) is 0 Å². The van der Waals surface area contributed by atoms with Gasteiger partial charge in [0.05, 0.1) is 35.5 Å². The van der Waals surface area contributed by atoms with Gasteiger partial charge in [0.2, 0.25) is 0 Å². The molecule has 0 atom stereocenters. The molecule has 0 unspecified atom stereocenters. The molecule has 0 bridgehead atoms. The first-order chi connectivity index (χ1) is 13.9. The molecular weight excluding hydrogens is 415 g/mol. The lowest BCUT2D eigenvalue weighted by molar-refractivity contribution is 0.00526. The molecule has 1 aromatic heterocycles. The summed E-state index contributed by atoms with van der Waals surface area (Å²) in [5.74, 6) is -0.315. The van der Waals surface area contributed by atoms with Crippen molar-refractivity contribution in [2.75, 3.05) is 19.0 Å². The minimum absolute atomic E-state index is 0.186. The number of nitrogens with one attached hydrogen (secondary N) is 2. The van der Waals surface area contributed by atoms with Gasteiger partial charge in [-0.3, -0.25) is 4.79 Å². The number of carbonyl (C=O) groups is 1. The van der Waals surface area contributed by atoms with E-state index in [0.29, 0.717) is 41.4 Å². The number of carbonyl (C=O) groups excluding carboxylic acids is 1. The Morgan fingerprint density at radius 3 is 2.69 bits per heavy atom. The van der Waals surface area contributed by atoms with Crippen LogP contribution in [0.1, 0.15) is 48.2 Å². The average Bonchev–Trinajstić information content (AvgIpc) is 2.71. The number of nitrogens with zero attached hydrogens (tertiary/aromatic N) is 2. The molecule has 0 saturated heterocycles. The van der Waals surface area contributed by atoms with Gasteiger partial charge in [-0.25, -0.2) is 0 Å². The first kappa shape index (κ1) is 21.6. The number of halogens is 2. The summed E-state index contributed by atoms with van der Waals surface area (Å²) in [6.07, 6.45) is 4.48. The molecule has 1 aliphatic carbocycles. The minimum Gasteiger partial charge on any atom is -0.467 e. The van der Waals surface area contributed by atoms with Crippen LogP contribution < -0.4 is 15.4 Å². The van der Waals surface area contributed by atoms with Crippen LogP contribution in [0.4, 0.5) is 5.69 Å². The number of anilines is 1. The highest BCUT2D eigenvalue weighted by molar-refractivity contribution is 6.34. The Labute approximate surface area is 179 Å². The van der Waals surface area contributed by atoms with Crippen molar-refractivity contribution in [1.82, 2.24) is 15.3 Å². The van der Waals surface area contributed by atoms with Crippen LogP contribution in [-0.4, -0.2) is 40.2 Å². The van der Waals surface area contributed by atoms with Gasteiger partial charge in [-0.05, 0) is 37.1 Å². The van der Waals surface area contributed by atoms with E-state index in [1.54, 1.807) is 24.3 Å². The Bertz CT molecular complexity index is 873. The SMILES string of the molecule is COc1nc(Cl)cc(CNc2ccc(Cl)c(C(=O)NCC3(O)CCCCC3)c2)n1. The molecule has 1 aromatic carbocycles. The number of amides is 1. The van der Waals surface area contributed by atoms with E-state index in [1.165, 1.54) is 7.11 Å². The highest BCUT2D eigenvalue weighted by atomic mass is 35.5. The third-order valence-electron chi connectivity index (χ3n) is 4.96. The Morgan fingerprint density at radius 2 is 1.97 bits per heavy atom. The Morgan fingerprint density at radius 1 is 1.21 bits per heavy atom. The summed E-state index contributed by atoms with van der Waals surface area (Å²) in [6.45, 7) is 0.583. The van der Waals surface area contributed by atoms with Gasteiger partial charge in [-0.15, -0.1) is 0 Å². The molecule has 7 nitrogen and oxygen atoms in total. The molecule has 9 heteroatoms. The highest BCUT2D eigenvalue weighted by Crippen LogP contribution is 2.28. The van der Waals surface area contributed by atoms with E-state index in [4.69, 9.17) is 27.9 Å². The third kappa shape index (κ3) is 5.95. The van der Waals surface area contributed by atoms with E-state index in [9.17, 15) is 9.90 Å². The summed E-state index contributed by atoms with van der Waals surface area (Å²) in [5.41, 5.74) is 0.850. The van der Waals surface area contributed by atoms with Crippen molar-refractivity contribution >= 4 is 34.8 Å². The number of hydrogen-bond acceptors (Lipinski definition) is 6. The fraction of sp³-hybridized carbons (Fsp3) is 0.450. The van der Waals surface area contributed by atoms with E-state index in [0.717, 1.165) is 19.3 Å². The summed E-state index contributed by atoms with van der Waals surface area (Å²) in [5, 5.41) is 17.2. The Balaban J connectivity index is 1.64. The lowest BCUT2D eigenvalue weighted by Gasteiger charge is -2.32. The van der Waals surface area contributed by atoms with Gasteiger partial charge in [0.1, 0.15) is 5.15 Å². The number of ether oxygens (including phenoxy) is 1. The van der Waals surface area contributed by atoms with Gasteiger partial charge >= 0.3 is 6.01 Å². The molecule has 0 aliphatic heterocycles. The van der Waals surface area contributed by atoms with Crippen LogP contribution >= 0.6 is 23.2 Å². The van der Waals surface area contributed by atoms with Crippen molar-refractivity contribution in [1.29, 1.82) is 0 Å². The Kier molecular flexibility index (Phi) is 7.16. The van der Waals surface area contributed by atoms with Crippen LogP contribution in [-0.2, 0) is 6.54 Å². The third-order valence-corrected chi connectivity index (χ3v) is 5.48. The monoisotopic (exact) mass is 438 g/mol. The van der Waals surface area contributed by atoms with E-state index in [-0.39, 0.29) is 23.6 Å². The molecule has 0 spiro atoms. The van der Waals surface area contributed by atoms with Crippen LogP contribution in [0.3, 0.4) is 0 Å². The van der Waals surface area contributed by atoms with Crippen molar-refractivity contribution in [2.24, 2.45) is 0 Å². The lowest BCUT2D eigenvalue weighted by Crippen LogP contribution is -2.44. The topological polar surface area (TPSA) is 96.4 Å². The van der Waals surface area contributed by atoms with Crippen LogP contribution in [0.15, 0.2) is 24.3 Å². The zero-order valence-electron chi connectivity index (χ0n) is 16.2. The number of benzene rings is 1. The molecule has 156 valence electrons. The van der Waals surface area contributed by atoms with Crippen molar-refractivity contribution in [3.8, 4) is 6.01 Å². The number of aliphatic hydroxyl groups is 1. The van der Waals surface area contributed by atoms with Crippen LogP contribution in [0.5, 0.6) is 6.01 Å². The normalized spacial score (nSPS) is 15.6. The average molecular weight is 439 g/mol. The van der Waals surface area contributed by atoms with Gasteiger partial charge in [-0.1, -0.05) is 42.5 Å². The zero-order chi connectivity index (χ0) is 20.9. The standard InChI is InChI=1S/C20H24Cl2N4O3/c1-29-19-25-14(10-17(22)26-19)11-23-13-5-6-16(21)15(9-13)18(27)24-12-20(28)7-3-2-4-8-20/h5-6,9-10,23,28H,2-4,7-8,11-12H2,1H3,(H,24,27). The first-order valence-corrected chi connectivity index (χ1v) is 10.3. The molecule has 1 heterocycles. The second-order valence-corrected chi connectivity index (χ2v) is 7.98. The van der Waals surface area contributed by atoms with E-state index < -0.39 is 5.60 Å². The molecule has 1 saturated carbocycles. The van der Waals surface area contributed by atoms with Gasteiger partial charge in [0.15, 0.2) is 0 Å². The zero-order valence-corrected chi connectivity index (χ0v) is 17.7. The molecule has 3 rings (SSSR count). The fourth-order valence-corrected chi connectivity index (χ4v) is 3.75. The maximum Gasteiger partial charge on any atom is 0.317 e. The lowest BCUT2D eigenvalue weighted by atomic mass is 9.85. The minimum atomic E-state index is -0.832. The van der Waals surface area contributed by atoms with Crippen molar-refractivity contribution in [2.45, 2.75) is 44.2 Å². The number of aromatic nitrogens is 2. The molecular formula is C20H24Cl2N4O3. The van der Waals surface area contributed by atoms with Crippen LogP contribution in [0.2, 0.25) is 10.2 Å². The van der Waals surface area contributed by atoms with E-state index in [2.05, 4.69) is 20.6 Å². The van der Waals surface area contributed by atoms with Crippen molar-refractivity contribution in [3.63, 3.8) is 0 Å².